The van der Waals surface area contributed by atoms with E-state index in [1.807, 2.05) is 19.1 Å². The molecule has 0 bridgehead atoms. The van der Waals surface area contributed by atoms with Crippen LogP contribution in [-0.2, 0) is 15.6 Å². The highest BCUT2D eigenvalue weighted by Crippen LogP contribution is 2.59. The Balaban J connectivity index is 1.22. The maximum absolute atomic E-state index is 13.4. The van der Waals surface area contributed by atoms with E-state index < -0.39 is 15.6 Å². The number of benzene rings is 1. The number of nitrogens with zero attached hydrogens (tertiary/aromatic N) is 4. The van der Waals surface area contributed by atoms with Crippen LogP contribution in [0.15, 0.2) is 49.1 Å². The molecular weight excluding hydrogens is 492 g/mol. The Bertz CT molecular complexity index is 1430. The second-order valence-corrected chi connectivity index (χ2v) is 12.1. The van der Waals surface area contributed by atoms with Crippen molar-refractivity contribution in [2.24, 2.45) is 11.8 Å². The van der Waals surface area contributed by atoms with Crippen molar-refractivity contribution >= 4 is 21.7 Å². The molecule has 0 aliphatic heterocycles. The summed E-state index contributed by atoms with van der Waals surface area (Å²) < 4.78 is 32.8. The first kappa shape index (κ1) is 23.8. The summed E-state index contributed by atoms with van der Waals surface area (Å²) in [7, 11) is -3.46. The van der Waals surface area contributed by atoms with Crippen molar-refractivity contribution in [3.05, 3.63) is 60.3 Å². The normalized spacial score (nSPS) is 24.2. The van der Waals surface area contributed by atoms with Crippen LogP contribution in [0.5, 0.6) is 5.88 Å². The maximum atomic E-state index is 13.4. The van der Waals surface area contributed by atoms with Gasteiger partial charge in [0.2, 0.25) is 15.9 Å². The highest BCUT2D eigenvalue weighted by molar-refractivity contribution is 7.93. The molecule has 37 heavy (non-hydrogen) atoms. The van der Waals surface area contributed by atoms with Gasteiger partial charge in [-0.3, -0.25) is 19.5 Å². The van der Waals surface area contributed by atoms with Gasteiger partial charge in [0.1, 0.15) is 0 Å². The Labute approximate surface area is 215 Å². The zero-order valence-electron chi connectivity index (χ0n) is 20.4. The fraction of sp³-hybridized carbons (Fsp3) is 0.423. The number of anilines is 1. The van der Waals surface area contributed by atoms with Gasteiger partial charge in [0.15, 0.2) is 5.82 Å². The summed E-state index contributed by atoms with van der Waals surface area (Å²) in [6, 6.07) is 7.19. The minimum Gasteiger partial charge on any atom is -0.477 e. The molecule has 0 spiro atoms. The maximum Gasteiger partial charge on any atom is 0.252 e. The summed E-state index contributed by atoms with van der Waals surface area (Å²) >= 11 is 0. The summed E-state index contributed by atoms with van der Waals surface area (Å²) in [5, 5.41) is 2.87. The molecular formula is C26H28N6O4S. The molecule has 3 aromatic rings. The number of ether oxygens (including phenoxy) is 1. The molecule has 2 N–H and O–H groups in total. The molecule has 2 aromatic heterocycles. The largest absolute Gasteiger partial charge is 0.477 e. The van der Waals surface area contributed by atoms with Gasteiger partial charge in [-0.15, -0.1) is 0 Å². The van der Waals surface area contributed by atoms with Crippen molar-refractivity contribution in [3.63, 3.8) is 0 Å². The first-order valence-corrected chi connectivity index (χ1v) is 14.1. The van der Waals surface area contributed by atoms with Crippen molar-refractivity contribution in [2.45, 2.75) is 49.8 Å². The van der Waals surface area contributed by atoms with E-state index in [-0.39, 0.29) is 17.0 Å². The van der Waals surface area contributed by atoms with Gasteiger partial charge in [0, 0.05) is 11.1 Å². The fourth-order valence-electron chi connectivity index (χ4n) is 5.20. The lowest BCUT2D eigenvalue weighted by Crippen LogP contribution is -2.45. The lowest BCUT2D eigenvalue weighted by atomic mass is 9.89. The molecule has 192 valence electrons. The lowest BCUT2D eigenvalue weighted by molar-refractivity contribution is 0.0888. The molecule has 1 amide bonds. The second kappa shape index (κ2) is 9.05. The van der Waals surface area contributed by atoms with Crippen molar-refractivity contribution in [3.8, 4) is 17.1 Å². The molecule has 0 saturated heterocycles. The Morgan fingerprint density at radius 2 is 1.76 bits per heavy atom. The van der Waals surface area contributed by atoms with E-state index in [1.165, 1.54) is 6.20 Å². The Hall–Kier alpha value is -3.60. The van der Waals surface area contributed by atoms with Crippen LogP contribution in [0.25, 0.3) is 11.3 Å². The number of sulfonamides is 1. The van der Waals surface area contributed by atoms with E-state index in [4.69, 9.17) is 4.74 Å². The number of carbonyl (C=O) groups is 1. The molecule has 3 aliphatic carbocycles. The third-order valence-corrected chi connectivity index (χ3v) is 9.17. The van der Waals surface area contributed by atoms with Gasteiger partial charge >= 0.3 is 0 Å². The lowest BCUT2D eigenvalue weighted by Gasteiger charge is -2.31. The SMILES string of the molecule is CCOc1cncc(-c2ccc(C(=O)NC3(c4cncc(NS(=O)(=O)C5CC5)n4)CC4CC4C3)cc2)n1. The van der Waals surface area contributed by atoms with Gasteiger partial charge in [-0.1, -0.05) is 12.1 Å². The number of aromatic nitrogens is 4. The minimum atomic E-state index is -3.46. The number of fused-ring (bicyclic) bond motifs is 1. The fourth-order valence-corrected chi connectivity index (χ4v) is 6.52. The van der Waals surface area contributed by atoms with E-state index >= 15 is 0 Å². The van der Waals surface area contributed by atoms with Gasteiger partial charge < -0.3 is 10.1 Å². The van der Waals surface area contributed by atoms with Gasteiger partial charge in [-0.05, 0) is 63.0 Å². The average molecular weight is 521 g/mol. The van der Waals surface area contributed by atoms with E-state index in [2.05, 4.69) is 30.0 Å². The molecule has 10 nitrogen and oxygen atoms in total. The van der Waals surface area contributed by atoms with E-state index in [0.29, 0.717) is 54.1 Å². The number of nitrogens with one attached hydrogen (secondary N) is 2. The van der Waals surface area contributed by atoms with Crippen LogP contribution in [-0.4, -0.2) is 46.1 Å². The average Bonchev–Trinajstić information content (AvgIpc) is 3.83. The van der Waals surface area contributed by atoms with Crippen LogP contribution in [0.2, 0.25) is 0 Å². The third-order valence-electron chi connectivity index (χ3n) is 7.33. The second-order valence-electron chi connectivity index (χ2n) is 10.1. The summed E-state index contributed by atoms with van der Waals surface area (Å²) in [6.45, 7) is 2.39. The topological polar surface area (TPSA) is 136 Å². The Kier molecular flexibility index (Phi) is 5.82. The molecule has 2 unspecified atom stereocenters. The number of amides is 1. The van der Waals surface area contributed by atoms with Crippen molar-refractivity contribution in [1.29, 1.82) is 0 Å². The van der Waals surface area contributed by atoms with Gasteiger partial charge in [-0.2, -0.15) is 0 Å². The summed E-state index contributed by atoms with van der Waals surface area (Å²) in [5.74, 6) is 1.50. The zero-order valence-corrected chi connectivity index (χ0v) is 21.2. The molecule has 2 atom stereocenters. The number of hydrogen-bond acceptors (Lipinski definition) is 8. The molecule has 11 heteroatoms. The van der Waals surface area contributed by atoms with E-state index in [0.717, 1.165) is 24.8 Å². The predicted molar refractivity (Wildman–Crippen MR) is 136 cm³/mol. The highest BCUT2D eigenvalue weighted by Gasteiger charge is 2.56. The van der Waals surface area contributed by atoms with Gasteiger partial charge in [-0.25, -0.2) is 18.4 Å². The van der Waals surface area contributed by atoms with Crippen LogP contribution in [0.3, 0.4) is 0 Å². The van der Waals surface area contributed by atoms with E-state index in [1.54, 1.807) is 30.7 Å². The molecule has 2 heterocycles. The van der Waals surface area contributed by atoms with Crippen LogP contribution in [0.1, 0.15) is 55.1 Å². The standard InChI is InChI=1S/C26H28N6O4S/c1-2-36-24-15-27-12-21(29-24)16-3-5-17(6-4-16)25(33)31-26(10-18-9-19(18)11-26)22-13-28-14-23(30-22)32-37(34,35)20-7-8-20/h3-6,12-15,18-20H,2,7-11H2,1H3,(H,30,32)(H,31,33). The van der Waals surface area contributed by atoms with Crippen molar-refractivity contribution < 1.29 is 17.9 Å². The number of carbonyl (C=O) groups excluding carboxylic acids is 1. The van der Waals surface area contributed by atoms with Crippen molar-refractivity contribution in [1.82, 2.24) is 25.3 Å². The number of rotatable bonds is 9. The summed E-state index contributed by atoms with van der Waals surface area (Å²) in [6.07, 6.45) is 10.3. The van der Waals surface area contributed by atoms with E-state index in [9.17, 15) is 13.2 Å². The highest BCUT2D eigenvalue weighted by atomic mass is 32.2. The van der Waals surface area contributed by atoms with Crippen LogP contribution in [0, 0.1) is 11.8 Å². The van der Waals surface area contributed by atoms with Crippen LogP contribution >= 0.6 is 0 Å². The molecule has 3 aliphatic rings. The third kappa shape index (κ3) is 4.87. The molecule has 1 aromatic carbocycles. The van der Waals surface area contributed by atoms with Crippen LogP contribution < -0.4 is 14.8 Å². The van der Waals surface area contributed by atoms with Gasteiger partial charge in [0.25, 0.3) is 5.91 Å². The zero-order chi connectivity index (χ0) is 25.6. The molecule has 6 rings (SSSR count). The Morgan fingerprint density at radius 3 is 2.46 bits per heavy atom. The quantitative estimate of drug-likeness (QED) is 0.439. The monoisotopic (exact) mass is 520 g/mol. The summed E-state index contributed by atoms with van der Waals surface area (Å²) in [5.41, 5.74) is 1.89. The molecule has 0 radical (unpaired) electrons. The number of hydrogen-bond donors (Lipinski definition) is 2. The summed E-state index contributed by atoms with van der Waals surface area (Å²) in [4.78, 5) is 30.9. The predicted octanol–water partition coefficient (Wildman–Crippen LogP) is 3.29. The van der Waals surface area contributed by atoms with Crippen molar-refractivity contribution in [2.75, 3.05) is 11.3 Å². The first-order valence-electron chi connectivity index (χ1n) is 12.6. The molecule has 3 saturated carbocycles. The Morgan fingerprint density at radius 1 is 1.03 bits per heavy atom. The van der Waals surface area contributed by atoms with Crippen LogP contribution in [0.4, 0.5) is 5.82 Å². The molecule has 3 fully saturated rings. The smallest absolute Gasteiger partial charge is 0.252 e. The first-order chi connectivity index (χ1) is 17.8. The minimum absolute atomic E-state index is 0.193. The van der Waals surface area contributed by atoms with Gasteiger partial charge in [0.05, 0.1) is 53.6 Å².